The number of aromatic nitrogens is 1. The Kier molecular flexibility index (Phi) is 9.74. The molecule has 0 saturated carbocycles. The second kappa shape index (κ2) is 13.0. The van der Waals surface area contributed by atoms with Crippen LogP contribution < -0.4 is 20.1 Å². The fourth-order valence-corrected chi connectivity index (χ4v) is 3.36. The van der Waals surface area contributed by atoms with E-state index >= 15 is 0 Å². The van der Waals surface area contributed by atoms with E-state index in [4.69, 9.17) is 14.5 Å². The Morgan fingerprint density at radius 1 is 0.970 bits per heavy atom. The molecule has 33 heavy (non-hydrogen) atoms. The Balaban J connectivity index is 0.00000306. The van der Waals surface area contributed by atoms with Crippen molar-refractivity contribution in [1.82, 2.24) is 10.3 Å². The number of ether oxygens (including phenoxy) is 2. The van der Waals surface area contributed by atoms with Crippen molar-refractivity contribution in [1.29, 1.82) is 0 Å². The number of pyridine rings is 1. The molecule has 0 aliphatic carbocycles. The maximum Gasteiger partial charge on any atom is 0.195 e. The number of guanidine groups is 1. The van der Waals surface area contributed by atoms with Crippen LogP contribution in [0, 0.1) is 5.82 Å². The van der Waals surface area contributed by atoms with Crippen LogP contribution in [0.3, 0.4) is 0 Å². The van der Waals surface area contributed by atoms with Gasteiger partial charge in [0.05, 0.1) is 13.2 Å². The molecule has 0 atom stereocenters. The third-order valence-corrected chi connectivity index (χ3v) is 4.97. The van der Waals surface area contributed by atoms with E-state index in [9.17, 15) is 4.39 Å². The molecule has 1 aromatic heterocycles. The molecular formula is C25H28FIN4O2. The molecule has 6 nitrogen and oxygen atoms in total. The summed E-state index contributed by atoms with van der Waals surface area (Å²) in [6.07, 6.45) is 4.06. The number of nitrogens with zero attached hydrogens (tertiary/aromatic N) is 2. The van der Waals surface area contributed by atoms with Crippen LogP contribution >= 0.6 is 24.0 Å². The zero-order valence-electron chi connectivity index (χ0n) is 18.3. The molecule has 1 aliphatic rings. The quantitative estimate of drug-likeness (QED) is 0.245. The van der Waals surface area contributed by atoms with Gasteiger partial charge in [-0.2, -0.15) is 0 Å². The predicted octanol–water partition coefficient (Wildman–Crippen LogP) is 4.84. The summed E-state index contributed by atoms with van der Waals surface area (Å²) in [4.78, 5) is 9.05. The average molecular weight is 562 g/mol. The highest BCUT2D eigenvalue weighted by Gasteiger charge is 2.11. The first-order valence-electron chi connectivity index (χ1n) is 10.9. The van der Waals surface area contributed by atoms with Crippen molar-refractivity contribution in [3.63, 3.8) is 0 Å². The van der Waals surface area contributed by atoms with E-state index in [0.29, 0.717) is 38.7 Å². The molecule has 2 heterocycles. The topological polar surface area (TPSA) is 67.8 Å². The Hall–Kier alpha value is -2.88. The molecule has 2 aromatic carbocycles. The summed E-state index contributed by atoms with van der Waals surface area (Å²) in [5.74, 6) is 1.89. The number of hydrogen-bond acceptors (Lipinski definition) is 4. The summed E-state index contributed by atoms with van der Waals surface area (Å²) in [5, 5.41) is 6.68. The van der Waals surface area contributed by atoms with Crippen LogP contribution in [0.25, 0.3) is 0 Å². The molecule has 2 N–H and O–H groups in total. The van der Waals surface area contributed by atoms with E-state index in [-0.39, 0.29) is 29.8 Å². The van der Waals surface area contributed by atoms with Gasteiger partial charge in [0.2, 0.25) is 0 Å². The maximum absolute atomic E-state index is 13.5. The molecule has 1 aliphatic heterocycles. The Morgan fingerprint density at radius 2 is 1.85 bits per heavy atom. The summed E-state index contributed by atoms with van der Waals surface area (Å²) in [6, 6.07) is 18.3. The minimum absolute atomic E-state index is 0. The standard InChI is InChI=1S/C25H27FN4O2.HI/c26-20-6-3-5-19(17-20)10-13-28-25(29-14-11-21-7-1-2-12-27-21)30-22-8-9-23-24(18-22)32-16-4-15-31-23;/h1-3,5-9,12,17-18H,4,10-11,13-16H2,(H2,28,29,30);1H. The van der Waals surface area contributed by atoms with Crippen LogP contribution in [0.15, 0.2) is 71.9 Å². The largest absolute Gasteiger partial charge is 0.490 e. The number of anilines is 1. The van der Waals surface area contributed by atoms with Crippen molar-refractivity contribution in [3.05, 3.63) is 83.9 Å². The van der Waals surface area contributed by atoms with Crippen molar-refractivity contribution in [2.45, 2.75) is 19.3 Å². The minimum atomic E-state index is -0.225. The highest BCUT2D eigenvalue weighted by Crippen LogP contribution is 2.32. The van der Waals surface area contributed by atoms with Gasteiger partial charge in [0.1, 0.15) is 5.82 Å². The van der Waals surface area contributed by atoms with Crippen molar-refractivity contribution < 1.29 is 13.9 Å². The molecule has 174 valence electrons. The summed E-state index contributed by atoms with van der Waals surface area (Å²) >= 11 is 0. The van der Waals surface area contributed by atoms with Gasteiger partial charge in [0, 0.05) is 49.6 Å². The monoisotopic (exact) mass is 562 g/mol. The lowest BCUT2D eigenvalue weighted by atomic mass is 10.1. The fraction of sp³-hybridized carbons (Fsp3) is 0.280. The van der Waals surface area contributed by atoms with Crippen molar-refractivity contribution in [3.8, 4) is 11.5 Å². The van der Waals surface area contributed by atoms with Gasteiger partial charge in [0.25, 0.3) is 0 Å². The minimum Gasteiger partial charge on any atom is -0.490 e. The lowest BCUT2D eigenvalue weighted by molar-refractivity contribution is 0.297. The second-order valence-corrected chi connectivity index (χ2v) is 7.45. The van der Waals surface area contributed by atoms with Crippen molar-refractivity contribution in [2.24, 2.45) is 4.99 Å². The Bertz CT molecular complexity index is 1050. The maximum atomic E-state index is 13.5. The van der Waals surface area contributed by atoms with Gasteiger partial charge >= 0.3 is 0 Å². The van der Waals surface area contributed by atoms with Crippen LogP contribution in [0.4, 0.5) is 10.1 Å². The van der Waals surface area contributed by atoms with Gasteiger partial charge in [-0.25, -0.2) is 4.39 Å². The van der Waals surface area contributed by atoms with E-state index in [1.165, 1.54) is 6.07 Å². The van der Waals surface area contributed by atoms with Crippen LogP contribution in [-0.4, -0.2) is 37.2 Å². The van der Waals surface area contributed by atoms with E-state index in [0.717, 1.165) is 41.3 Å². The summed E-state index contributed by atoms with van der Waals surface area (Å²) in [7, 11) is 0. The van der Waals surface area contributed by atoms with Gasteiger partial charge in [-0.15, -0.1) is 24.0 Å². The van der Waals surface area contributed by atoms with E-state index in [1.807, 2.05) is 42.5 Å². The lowest BCUT2D eigenvalue weighted by Crippen LogP contribution is -2.32. The fourth-order valence-electron chi connectivity index (χ4n) is 3.36. The first kappa shape index (κ1) is 24.8. The third-order valence-electron chi connectivity index (χ3n) is 4.97. The molecule has 0 bridgehead atoms. The summed E-state index contributed by atoms with van der Waals surface area (Å²) in [6.45, 7) is 2.48. The van der Waals surface area contributed by atoms with Gasteiger partial charge in [0.15, 0.2) is 17.5 Å². The zero-order chi connectivity index (χ0) is 22.0. The van der Waals surface area contributed by atoms with Gasteiger partial charge < -0.3 is 20.1 Å². The van der Waals surface area contributed by atoms with Crippen LogP contribution in [0.5, 0.6) is 11.5 Å². The summed E-state index contributed by atoms with van der Waals surface area (Å²) in [5.41, 5.74) is 2.77. The highest BCUT2D eigenvalue weighted by molar-refractivity contribution is 14.0. The molecule has 8 heteroatoms. The number of fused-ring (bicyclic) bond motifs is 1. The third kappa shape index (κ3) is 7.88. The molecule has 0 unspecified atom stereocenters. The molecular weight excluding hydrogens is 534 g/mol. The molecule has 0 saturated heterocycles. The van der Waals surface area contributed by atoms with Gasteiger partial charge in [-0.05, 0) is 48.4 Å². The molecule has 4 rings (SSSR count). The van der Waals surface area contributed by atoms with Crippen LogP contribution in [0.2, 0.25) is 0 Å². The normalized spacial score (nSPS) is 12.9. The number of aliphatic imine (C=N–C) groups is 1. The molecule has 0 spiro atoms. The number of nitrogens with one attached hydrogen (secondary N) is 2. The van der Waals surface area contributed by atoms with Crippen LogP contribution in [0.1, 0.15) is 17.7 Å². The molecule has 0 radical (unpaired) electrons. The van der Waals surface area contributed by atoms with Crippen LogP contribution in [-0.2, 0) is 12.8 Å². The number of benzene rings is 2. The van der Waals surface area contributed by atoms with Crippen molar-refractivity contribution >= 4 is 35.6 Å². The van der Waals surface area contributed by atoms with Crippen molar-refractivity contribution in [2.75, 3.05) is 31.6 Å². The first-order valence-corrected chi connectivity index (χ1v) is 10.9. The lowest BCUT2D eigenvalue weighted by Gasteiger charge is -2.15. The summed E-state index contributed by atoms with van der Waals surface area (Å²) < 4.78 is 25.0. The molecule has 3 aromatic rings. The Labute approximate surface area is 210 Å². The number of halogens is 2. The Morgan fingerprint density at radius 3 is 2.67 bits per heavy atom. The first-order chi connectivity index (χ1) is 15.8. The number of hydrogen-bond donors (Lipinski definition) is 2. The van der Waals surface area contributed by atoms with E-state index in [2.05, 4.69) is 15.6 Å². The SMILES string of the molecule is Fc1cccc(CCNC(=NCCc2ccccn2)Nc2ccc3c(c2)OCCCO3)c1.I. The highest BCUT2D eigenvalue weighted by atomic mass is 127. The van der Waals surface area contributed by atoms with Gasteiger partial charge in [-0.1, -0.05) is 18.2 Å². The number of rotatable bonds is 7. The molecule has 0 fully saturated rings. The smallest absolute Gasteiger partial charge is 0.195 e. The van der Waals surface area contributed by atoms with E-state index in [1.54, 1.807) is 18.3 Å². The van der Waals surface area contributed by atoms with Gasteiger partial charge in [-0.3, -0.25) is 9.98 Å². The molecule has 0 amide bonds. The average Bonchev–Trinajstić information content (AvgIpc) is 3.05. The zero-order valence-corrected chi connectivity index (χ0v) is 20.6. The second-order valence-electron chi connectivity index (χ2n) is 7.45. The van der Waals surface area contributed by atoms with E-state index < -0.39 is 0 Å². The predicted molar refractivity (Wildman–Crippen MR) is 139 cm³/mol.